The number of nitrogens with one attached hydrogen (secondary N) is 1. The summed E-state index contributed by atoms with van der Waals surface area (Å²) in [6.45, 7) is 0.205. The van der Waals surface area contributed by atoms with E-state index in [9.17, 15) is 8.42 Å². The van der Waals surface area contributed by atoms with E-state index in [0.717, 1.165) is 38.5 Å². The van der Waals surface area contributed by atoms with Crippen molar-refractivity contribution in [3.05, 3.63) is 28.2 Å². The second-order valence-corrected chi connectivity index (χ2v) is 8.17. The normalized spacial score (nSPS) is 19.2. The van der Waals surface area contributed by atoms with E-state index in [1.54, 1.807) is 6.07 Å². The van der Waals surface area contributed by atoms with E-state index in [1.165, 1.54) is 12.1 Å². The smallest absolute Gasteiger partial charge is 0.243 e. The first kappa shape index (κ1) is 17.0. The highest BCUT2D eigenvalue weighted by Crippen LogP contribution is 2.30. The van der Waals surface area contributed by atoms with Crippen molar-refractivity contribution in [1.29, 1.82) is 0 Å². The molecule has 0 aliphatic heterocycles. The van der Waals surface area contributed by atoms with E-state index in [-0.39, 0.29) is 21.5 Å². The van der Waals surface area contributed by atoms with Gasteiger partial charge < -0.3 is 5.73 Å². The Hall–Kier alpha value is -0.330. The molecule has 0 amide bonds. The number of hydrogen-bond acceptors (Lipinski definition) is 3. The summed E-state index contributed by atoms with van der Waals surface area (Å²) in [5.74, 6) is 0. The summed E-state index contributed by atoms with van der Waals surface area (Å²) in [4.78, 5) is -0.0782. The molecule has 0 radical (unpaired) electrons. The lowest BCUT2D eigenvalue weighted by atomic mass is 9.92. The van der Waals surface area contributed by atoms with Crippen LogP contribution < -0.4 is 10.5 Å². The van der Waals surface area contributed by atoms with Gasteiger partial charge in [-0.3, -0.25) is 0 Å². The van der Waals surface area contributed by atoms with Crippen molar-refractivity contribution in [2.75, 3.05) is 6.54 Å². The lowest BCUT2D eigenvalue weighted by Gasteiger charge is -2.28. The van der Waals surface area contributed by atoms with Crippen molar-refractivity contribution in [2.24, 2.45) is 5.73 Å². The van der Waals surface area contributed by atoms with Crippen LogP contribution in [0.25, 0.3) is 0 Å². The first-order chi connectivity index (χ1) is 9.84. The third-order valence-electron chi connectivity index (χ3n) is 3.90. The molecule has 0 heterocycles. The molecule has 1 fully saturated rings. The minimum absolute atomic E-state index is 0.0782. The first-order valence-corrected chi connectivity index (χ1v) is 9.31. The Bertz CT molecular complexity index is 577. The van der Waals surface area contributed by atoms with E-state index in [0.29, 0.717) is 0 Å². The van der Waals surface area contributed by atoms with Gasteiger partial charge in [-0.15, -0.1) is 0 Å². The van der Waals surface area contributed by atoms with Gasteiger partial charge in [0.15, 0.2) is 0 Å². The lowest BCUT2D eigenvalue weighted by molar-refractivity contribution is 0.369. The molecular formula is C14H20Cl2N2O2S. The second-order valence-electron chi connectivity index (χ2n) is 5.65. The maximum atomic E-state index is 12.4. The number of halogens is 2. The summed E-state index contributed by atoms with van der Waals surface area (Å²) < 4.78 is 27.4. The van der Waals surface area contributed by atoms with Crippen LogP contribution >= 0.6 is 23.2 Å². The van der Waals surface area contributed by atoms with Gasteiger partial charge in [-0.2, -0.15) is 0 Å². The third kappa shape index (κ3) is 4.33. The van der Waals surface area contributed by atoms with Crippen LogP contribution in [0.4, 0.5) is 0 Å². The SMILES string of the molecule is NC1(CNS(=O)(=O)c2c(Cl)cccc2Cl)CCCCCC1. The molecule has 1 aromatic carbocycles. The Morgan fingerprint density at radius 3 is 2.14 bits per heavy atom. The number of hydrogen-bond donors (Lipinski definition) is 2. The maximum absolute atomic E-state index is 12.4. The van der Waals surface area contributed by atoms with Gasteiger partial charge in [-0.05, 0) is 25.0 Å². The van der Waals surface area contributed by atoms with Gasteiger partial charge in [-0.25, -0.2) is 13.1 Å². The number of sulfonamides is 1. The standard InChI is InChI=1S/C14H20Cl2N2O2S/c15-11-6-5-7-12(16)13(11)21(19,20)18-10-14(17)8-3-1-2-4-9-14/h5-7,18H,1-4,8-10,17H2. The van der Waals surface area contributed by atoms with Gasteiger partial charge in [0, 0.05) is 12.1 Å². The predicted octanol–water partition coefficient (Wildman–Crippen LogP) is 3.32. The van der Waals surface area contributed by atoms with Gasteiger partial charge in [0.1, 0.15) is 4.90 Å². The van der Waals surface area contributed by atoms with Crippen molar-refractivity contribution in [2.45, 2.75) is 49.0 Å². The van der Waals surface area contributed by atoms with Crippen LogP contribution in [0.15, 0.2) is 23.1 Å². The first-order valence-electron chi connectivity index (χ1n) is 7.07. The van der Waals surface area contributed by atoms with Gasteiger partial charge in [0.25, 0.3) is 0 Å². The molecule has 1 aliphatic rings. The Morgan fingerprint density at radius 2 is 1.62 bits per heavy atom. The molecule has 4 nitrogen and oxygen atoms in total. The number of rotatable bonds is 4. The van der Waals surface area contributed by atoms with E-state index < -0.39 is 15.6 Å². The highest BCUT2D eigenvalue weighted by Gasteiger charge is 2.29. The number of benzene rings is 1. The fourth-order valence-electron chi connectivity index (χ4n) is 2.66. The minimum Gasteiger partial charge on any atom is -0.324 e. The van der Waals surface area contributed by atoms with Crippen LogP contribution in [0, 0.1) is 0 Å². The number of nitrogens with two attached hydrogens (primary N) is 1. The monoisotopic (exact) mass is 350 g/mol. The van der Waals surface area contributed by atoms with Crippen LogP contribution in [0.2, 0.25) is 10.0 Å². The Kier molecular flexibility index (Phi) is 5.54. The predicted molar refractivity (Wildman–Crippen MR) is 86.3 cm³/mol. The molecule has 1 aliphatic carbocycles. The minimum atomic E-state index is -3.76. The molecular weight excluding hydrogens is 331 g/mol. The van der Waals surface area contributed by atoms with E-state index in [4.69, 9.17) is 28.9 Å². The molecule has 1 aromatic rings. The molecule has 0 atom stereocenters. The van der Waals surface area contributed by atoms with Gasteiger partial charge >= 0.3 is 0 Å². The zero-order valence-corrected chi connectivity index (χ0v) is 14.1. The Balaban J connectivity index is 2.14. The van der Waals surface area contributed by atoms with E-state index >= 15 is 0 Å². The van der Waals surface area contributed by atoms with Crippen molar-refractivity contribution in [3.8, 4) is 0 Å². The fourth-order valence-corrected chi connectivity index (χ4v) is 4.94. The quantitative estimate of drug-likeness (QED) is 0.818. The Labute approximate surface area is 136 Å². The van der Waals surface area contributed by atoms with Gasteiger partial charge in [0.2, 0.25) is 10.0 Å². The molecule has 0 bridgehead atoms. The fraction of sp³-hybridized carbons (Fsp3) is 0.571. The topological polar surface area (TPSA) is 72.2 Å². The molecule has 2 rings (SSSR count). The molecule has 118 valence electrons. The van der Waals surface area contributed by atoms with Crippen LogP contribution in [0.1, 0.15) is 38.5 Å². The lowest BCUT2D eigenvalue weighted by Crippen LogP contribution is -2.49. The molecule has 0 saturated heterocycles. The van der Waals surface area contributed by atoms with Crippen molar-refractivity contribution in [3.63, 3.8) is 0 Å². The summed E-state index contributed by atoms with van der Waals surface area (Å²) in [6, 6.07) is 4.62. The third-order valence-corrected chi connectivity index (χ3v) is 6.26. The van der Waals surface area contributed by atoms with Crippen molar-refractivity contribution >= 4 is 33.2 Å². The zero-order valence-electron chi connectivity index (χ0n) is 11.7. The van der Waals surface area contributed by atoms with Crippen molar-refractivity contribution < 1.29 is 8.42 Å². The van der Waals surface area contributed by atoms with Gasteiger partial charge in [-0.1, -0.05) is 55.0 Å². The van der Waals surface area contributed by atoms with Gasteiger partial charge in [0.05, 0.1) is 10.0 Å². The van der Waals surface area contributed by atoms with Crippen LogP contribution in [0.5, 0.6) is 0 Å². The van der Waals surface area contributed by atoms with Crippen LogP contribution in [-0.2, 0) is 10.0 Å². The van der Waals surface area contributed by atoms with Crippen molar-refractivity contribution in [1.82, 2.24) is 4.72 Å². The van der Waals surface area contributed by atoms with E-state index in [2.05, 4.69) is 4.72 Å². The molecule has 21 heavy (non-hydrogen) atoms. The molecule has 0 unspecified atom stereocenters. The van der Waals surface area contributed by atoms with Crippen LogP contribution in [0.3, 0.4) is 0 Å². The largest absolute Gasteiger partial charge is 0.324 e. The summed E-state index contributed by atoms with van der Waals surface area (Å²) in [7, 11) is -3.76. The molecule has 3 N–H and O–H groups in total. The summed E-state index contributed by atoms with van der Waals surface area (Å²) in [5.41, 5.74) is 5.84. The second kappa shape index (κ2) is 6.84. The average molecular weight is 351 g/mol. The highest BCUT2D eigenvalue weighted by molar-refractivity contribution is 7.89. The zero-order chi connectivity index (χ0) is 15.5. The molecule has 0 aromatic heterocycles. The average Bonchev–Trinajstić information content (AvgIpc) is 2.62. The Morgan fingerprint density at radius 1 is 1.10 bits per heavy atom. The summed E-state index contributed by atoms with van der Waals surface area (Å²) >= 11 is 11.9. The van der Waals surface area contributed by atoms with Crippen LogP contribution in [-0.4, -0.2) is 20.5 Å². The maximum Gasteiger partial charge on any atom is 0.243 e. The highest BCUT2D eigenvalue weighted by atomic mass is 35.5. The van der Waals surface area contributed by atoms with E-state index in [1.807, 2.05) is 0 Å². The molecule has 1 saturated carbocycles. The molecule has 0 spiro atoms. The summed E-state index contributed by atoms with van der Waals surface area (Å²) in [6.07, 6.45) is 6.03. The molecule has 7 heteroatoms. The summed E-state index contributed by atoms with van der Waals surface area (Å²) in [5, 5.41) is 0.226.